The van der Waals surface area contributed by atoms with E-state index in [1.807, 2.05) is 54.6 Å². The van der Waals surface area contributed by atoms with Crippen LogP contribution in [0.25, 0.3) is 0 Å². The van der Waals surface area contributed by atoms with Gasteiger partial charge in [0.2, 0.25) is 6.79 Å². The SMILES string of the molecule is COc1cc(CNCc2ccc3c(c2)OCO3)cc(Br)c1OCc1ccccc1. The van der Waals surface area contributed by atoms with Crippen LogP contribution in [-0.2, 0) is 19.7 Å². The molecule has 0 aliphatic carbocycles. The predicted octanol–water partition coefficient (Wildman–Crippen LogP) is 5.06. The van der Waals surface area contributed by atoms with Gasteiger partial charge in [0, 0.05) is 13.1 Å². The van der Waals surface area contributed by atoms with Gasteiger partial charge in [-0.25, -0.2) is 0 Å². The Morgan fingerprint density at radius 2 is 1.69 bits per heavy atom. The van der Waals surface area contributed by atoms with Crippen molar-refractivity contribution in [3.8, 4) is 23.0 Å². The molecule has 0 aromatic heterocycles. The summed E-state index contributed by atoms with van der Waals surface area (Å²) < 4.78 is 23.2. The number of halogens is 1. The maximum Gasteiger partial charge on any atom is 0.231 e. The third kappa shape index (κ3) is 4.83. The number of methoxy groups -OCH3 is 1. The zero-order chi connectivity index (χ0) is 20.1. The van der Waals surface area contributed by atoms with Crippen molar-refractivity contribution < 1.29 is 18.9 Å². The van der Waals surface area contributed by atoms with E-state index in [1.165, 1.54) is 0 Å². The van der Waals surface area contributed by atoms with Crippen molar-refractivity contribution in [3.05, 3.63) is 81.8 Å². The Kier molecular flexibility index (Phi) is 6.22. The van der Waals surface area contributed by atoms with Crippen LogP contribution in [0, 0.1) is 0 Å². The second kappa shape index (κ2) is 9.20. The van der Waals surface area contributed by atoms with E-state index in [2.05, 4.69) is 27.3 Å². The zero-order valence-electron chi connectivity index (χ0n) is 16.1. The molecule has 5 nitrogen and oxygen atoms in total. The summed E-state index contributed by atoms with van der Waals surface area (Å²) in [7, 11) is 1.65. The van der Waals surface area contributed by atoms with Gasteiger partial charge in [-0.3, -0.25) is 0 Å². The van der Waals surface area contributed by atoms with E-state index in [-0.39, 0.29) is 0 Å². The van der Waals surface area contributed by atoms with Gasteiger partial charge in [-0.05, 0) is 56.9 Å². The molecule has 6 heteroatoms. The minimum absolute atomic E-state index is 0.290. The summed E-state index contributed by atoms with van der Waals surface area (Å²) >= 11 is 3.62. The molecule has 1 heterocycles. The molecule has 1 N–H and O–H groups in total. The molecule has 0 unspecified atom stereocenters. The van der Waals surface area contributed by atoms with Crippen molar-refractivity contribution >= 4 is 15.9 Å². The molecule has 0 saturated carbocycles. The van der Waals surface area contributed by atoms with E-state index in [1.54, 1.807) is 7.11 Å². The van der Waals surface area contributed by atoms with Crippen LogP contribution in [0.5, 0.6) is 23.0 Å². The molecule has 150 valence electrons. The first-order chi connectivity index (χ1) is 14.2. The van der Waals surface area contributed by atoms with Crippen LogP contribution in [0.15, 0.2) is 65.1 Å². The van der Waals surface area contributed by atoms with Crippen molar-refractivity contribution in [1.82, 2.24) is 5.32 Å². The van der Waals surface area contributed by atoms with Crippen molar-refractivity contribution in [2.24, 2.45) is 0 Å². The van der Waals surface area contributed by atoms with Gasteiger partial charge < -0.3 is 24.3 Å². The average molecular weight is 456 g/mol. The zero-order valence-corrected chi connectivity index (χ0v) is 17.7. The summed E-state index contributed by atoms with van der Waals surface area (Å²) in [5.74, 6) is 3.01. The quantitative estimate of drug-likeness (QED) is 0.514. The van der Waals surface area contributed by atoms with E-state index < -0.39 is 0 Å². The van der Waals surface area contributed by atoms with Gasteiger partial charge in [-0.15, -0.1) is 0 Å². The maximum atomic E-state index is 6.00. The molecule has 0 amide bonds. The van der Waals surface area contributed by atoms with Gasteiger partial charge in [0.25, 0.3) is 0 Å². The lowest BCUT2D eigenvalue weighted by molar-refractivity contribution is 0.174. The number of benzene rings is 3. The molecule has 0 spiro atoms. The van der Waals surface area contributed by atoms with Crippen LogP contribution in [0.3, 0.4) is 0 Å². The summed E-state index contributed by atoms with van der Waals surface area (Å²) in [5.41, 5.74) is 3.35. The number of fused-ring (bicyclic) bond motifs is 1. The Labute approximate surface area is 178 Å². The first-order valence-corrected chi connectivity index (χ1v) is 10.1. The average Bonchev–Trinajstić information content (AvgIpc) is 3.21. The summed E-state index contributed by atoms with van der Waals surface area (Å²) in [6, 6.07) is 20.1. The van der Waals surface area contributed by atoms with E-state index in [9.17, 15) is 0 Å². The Balaban J connectivity index is 1.38. The highest BCUT2D eigenvalue weighted by atomic mass is 79.9. The molecule has 0 bridgehead atoms. The Hall–Kier alpha value is -2.70. The van der Waals surface area contributed by atoms with Crippen LogP contribution >= 0.6 is 15.9 Å². The molecule has 0 saturated heterocycles. The van der Waals surface area contributed by atoms with Crippen LogP contribution in [-0.4, -0.2) is 13.9 Å². The van der Waals surface area contributed by atoms with E-state index >= 15 is 0 Å². The highest BCUT2D eigenvalue weighted by Gasteiger charge is 2.14. The fourth-order valence-electron chi connectivity index (χ4n) is 3.15. The second-order valence-electron chi connectivity index (χ2n) is 6.67. The van der Waals surface area contributed by atoms with Crippen molar-refractivity contribution in [1.29, 1.82) is 0 Å². The maximum absolute atomic E-state index is 6.00. The topological polar surface area (TPSA) is 49.0 Å². The molecule has 0 atom stereocenters. The van der Waals surface area contributed by atoms with Crippen LogP contribution < -0.4 is 24.3 Å². The highest BCUT2D eigenvalue weighted by molar-refractivity contribution is 9.10. The van der Waals surface area contributed by atoms with Crippen molar-refractivity contribution in [3.63, 3.8) is 0 Å². The fourth-order valence-corrected chi connectivity index (χ4v) is 3.75. The molecule has 1 aliphatic rings. The normalized spacial score (nSPS) is 12.1. The fraction of sp³-hybridized carbons (Fsp3) is 0.217. The monoisotopic (exact) mass is 455 g/mol. The highest BCUT2D eigenvalue weighted by Crippen LogP contribution is 2.37. The first-order valence-electron chi connectivity index (χ1n) is 9.35. The van der Waals surface area contributed by atoms with Crippen LogP contribution in [0.2, 0.25) is 0 Å². The molecule has 0 fully saturated rings. The van der Waals surface area contributed by atoms with Gasteiger partial charge in [0.1, 0.15) is 6.61 Å². The van der Waals surface area contributed by atoms with Crippen LogP contribution in [0.1, 0.15) is 16.7 Å². The largest absolute Gasteiger partial charge is 0.493 e. The first kappa shape index (κ1) is 19.6. The molecule has 3 aromatic rings. The molecule has 4 rings (SSSR count). The third-order valence-electron chi connectivity index (χ3n) is 4.61. The molecule has 3 aromatic carbocycles. The van der Waals surface area contributed by atoms with Gasteiger partial charge >= 0.3 is 0 Å². The van der Waals surface area contributed by atoms with Gasteiger partial charge in [-0.2, -0.15) is 0 Å². The third-order valence-corrected chi connectivity index (χ3v) is 5.20. The lowest BCUT2D eigenvalue weighted by atomic mass is 10.1. The standard InChI is InChI=1S/C23H22BrNO4/c1-26-22-11-18(9-19(24)23(22)27-14-16-5-3-2-4-6-16)13-25-12-17-7-8-20-21(10-17)29-15-28-20/h2-11,25H,12-15H2,1H3. The summed E-state index contributed by atoms with van der Waals surface area (Å²) in [5, 5.41) is 3.45. The van der Waals surface area contributed by atoms with Gasteiger partial charge in [-0.1, -0.05) is 36.4 Å². The van der Waals surface area contributed by atoms with Crippen molar-refractivity contribution in [2.45, 2.75) is 19.7 Å². The minimum Gasteiger partial charge on any atom is -0.493 e. The van der Waals surface area contributed by atoms with Crippen LogP contribution in [0.4, 0.5) is 0 Å². The summed E-state index contributed by atoms with van der Waals surface area (Å²) in [4.78, 5) is 0. The number of rotatable bonds is 8. The number of nitrogens with one attached hydrogen (secondary N) is 1. The lowest BCUT2D eigenvalue weighted by Crippen LogP contribution is -2.13. The molecule has 0 radical (unpaired) electrons. The predicted molar refractivity (Wildman–Crippen MR) is 115 cm³/mol. The Morgan fingerprint density at radius 1 is 0.897 bits per heavy atom. The Bertz CT molecular complexity index is 978. The van der Waals surface area contributed by atoms with E-state index in [0.29, 0.717) is 31.4 Å². The Morgan fingerprint density at radius 3 is 2.52 bits per heavy atom. The summed E-state index contributed by atoms with van der Waals surface area (Å²) in [6.07, 6.45) is 0. The second-order valence-corrected chi connectivity index (χ2v) is 7.53. The minimum atomic E-state index is 0.290. The number of hydrogen-bond donors (Lipinski definition) is 1. The molecular formula is C23H22BrNO4. The number of ether oxygens (including phenoxy) is 4. The number of hydrogen-bond acceptors (Lipinski definition) is 5. The van der Waals surface area contributed by atoms with Gasteiger partial charge in [0.15, 0.2) is 23.0 Å². The molecular weight excluding hydrogens is 434 g/mol. The summed E-state index contributed by atoms with van der Waals surface area (Å²) in [6.45, 7) is 2.20. The molecule has 1 aliphatic heterocycles. The lowest BCUT2D eigenvalue weighted by Gasteiger charge is -2.15. The van der Waals surface area contributed by atoms with Crippen molar-refractivity contribution in [2.75, 3.05) is 13.9 Å². The van der Waals surface area contributed by atoms with Gasteiger partial charge in [0.05, 0.1) is 11.6 Å². The smallest absolute Gasteiger partial charge is 0.231 e. The molecule has 29 heavy (non-hydrogen) atoms. The van der Waals surface area contributed by atoms with E-state index in [4.69, 9.17) is 18.9 Å². The van der Waals surface area contributed by atoms with E-state index in [0.717, 1.165) is 39.2 Å².